The second-order valence-electron chi connectivity index (χ2n) is 6.37. The smallest absolute Gasteiger partial charge is 0.203 e. The number of likely N-dealkylation sites (N-methyl/N-ethyl adjacent to an activating group) is 1. The Morgan fingerprint density at radius 2 is 1.74 bits per heavy atom. The fraction of sp³-hybridized carbons (Fsp3) is 0.474. The standard InChI is InChI=1S/C19H25NO3/c1-13-6-7-19(8-9-20(2)17(19)10-13)14-11-15(21-3)18(23-5)16(12-14)22-4/h6-7,10-12,17H,8-9H2,1-5H3/t17-,19-/m0/s1. The third kappa shape index (κ3) is 2.41. The highest BCUT2D eigenvalue weighted by atomic mass is 16.5. The van der Waals surface area contributed by atoms with Crippen LogP contribution in [0.2, 0.25) is 0 Å². The lowest BCUT2D eigenvalue weighted by molar-refractivity contribution is 0.310. The zero-order chi connectivity index (χ0) is 16.6. The van der Waals surface area contributed by atoms with Gasteiger partial charge >= 0.3 is 0 Å². The van der Waals surface area contributed by atoms with E-state index in [-0.39, 0.29) is 5.41 Å². The fourth-order valence-electron chi connectivity index (χ4n) is 3.85. The van der Waals surface area contributed by atoms with Gasteiger partial charge in [-0.1, -0.05) is 23.8 Å². The van der Waals surface area contributed by atoms with E-state index in [0.717, 1.165) is 13.0 Å². The summed E-state index contributed by atoms with van der Waals surface area (Å²) in [5, 5.41) is 0. The summed E-state index contributed by atoms with van der Waals surface area (Å²) in [6.07, 6.45) is 8.00. The summed E-state index contributed by atoms with van der Waals surface area (Å²) in [6.45, 7) is 3.22. The van der Waals surface area contributed by atoms with E-state index < -0.39 is 0 Å². The summed E-state index contributed by atoms with van der Waals surface area (Å²) in [5.74, 6) is 2.07. The number of likely N-dealkylation sites (tertiary alicyclic amines) is 1. The van der Waals surface area contributed by atoms with Crippen LogP contribution < -0.4 is 14.2 Å². The van der Waals surface area contributed by atoms with Crippen LogP contribution in [0.5, 0.6) is 17.2 Å². The Hall–Kier alpha value is -1.94. The quantitative estimate of drug-likeness (QED) is 0.854. The minimum absolute atomic E-state index is 0.0406. The van der Waals surface area contributed by atoms with E-state index in [1.165, 1.54) is 11.1 Å². The molecule has 3 rings (SSSR count). The van der Waals surface area contributed by atoms with Gasteiger partial charge in [0.05, 0.1) is 21.3 Å². The predicted molar refractivity (Wildman–Crippen MR) is 91.7 cm³/mol. The summed E-state index contributed by atoms with van der Waals surface area (Å²) in [5.41, 5.74) is 2.48. The van der Waals surface area contributed by atoms with Gasteiger partial charge in [0.25, 0.3) is 0 Å². The second kappa shape index (κ2) is 5.93. The number of nitrogens with zero attached hydrogens (tertiary/aromatic N) is 1. The van der Waals surface area contributed by atoms with Crippen LogP contribution in [0.25, 0.3) is 0 Å². The van der Waals surface area contributed by atoms with Crippen molar-refractivity contribution in [1.82, 2.24) is 4.90 Å². The van der Waals surface area contributed by atoms with Gasteiger partial charge in [0.2, 0.25) is 5.75 Å². The lowest BCUT2D eigenvalue weighted by atomic mass is 9.71. The molecule has 23 heavy (non-hydrogen) atoms. The summed E-state index contributed by atoms with van der Waals surface area (Å²) in [6, 6.07) is 4.54. The van der Waals surface area contributed by atoms with E-state index in [2.05, 4.69) is 49.2 Å². The summed E-state index contributed by atoms with van der Waals surface area (Å²) in [7, 11) is 7.15. The molecule has 2 aliphatic rings. The maximum Gasteiger partial charge on any atom is 0.203 e. The van der Waals surface area contributed by atoms with Crippen LogP contribution in [0, 0.1) is 0 Å². The molecule has 1 aliphatic carbocycles. The third-order valence-electron chi connectivity index (χ3n) is 5.15. The van der Waals surface area contributed by atoms with Crippen molar-refractivity contribution in [1.29, 1.82) is 0 Å². The average Bonchev–Trinajstić information content (AvgIpc) is 2.91. The molecule has 4 nitrogen and oxygen atoms in total. The number of hydrogen-bond donors (Lipinski definition) is 0. The number of ether oxygens (including phenoxy) is 3. The van der Waals surface area contributed by atoms with Crippen LogP contribution >= 0.6 is 0 Å². The monoisotopic (exact) mass is 315 g/mol. The summed E-state index contributed by atoms with van der Waals surface area (Å²) in [4.78, 5) is 2.41. The van der Waals surface area contributed by atoms with Crippen molar-refractivity contribution in [2.24, 2.45) is 0 Å². The molecule has 0 amide bonds. The lowest BCUT2D eigenvalue weighted by Crippen LogP contribution is -2.40. The van der Waals surface area contributed by atoms with E-state index in [9.17, 15) is 0 Å². The summed E-state index contributed by atoms with van der Waals surface area (Å²) < 4.78 is 16.5. The van der Waals surface area contributed by atoms with Gasteiger partial charge in [0.15, 0.2) is 11.5 Å². The summed E-state index contributed by atoms with van der Waals surface area (Å²) >= 11 is 0. The van der Waals surface area contributed by atoms with E-state index >= 15 is 0 Å². The van der Waals surface area contributed by atoms with Gasteiger partial charge in [-0.05, 0) is 44.6 Å². The molecular formula is C19H25NO3. The number of benzene rings is 1. The Kier molecular flexibility index (Phi) is 4.11. The van der Waals surface area contributed by atoms with E-state index in [1.54, 1.807) is 21.3 Å². The molecule has 0 aromatic heterocycles. The van der Waals surface area contributed by atoms with Crippen molar-refractivity contribution < 1.29 is 14.2 Å². The molecule has 0 unspecified atom stereocenters. The molecule has 2 atom stereocenters. The second-order valence-corrected chi connectivity index (χ2v) is 6.37. The first-order valence-corrected chi connectivity index (χ1v) is 7.94. The minimum Gasteiger partial charge on any atom is -0.493 e. The number of hydrogen-bond acceptors (Lipinski definition) is 4. The topological polar surface area (TPSA) is 30.9 Å². The third-order valence-corrected chi connectivity index (χ3v) is 5.15. The van der Waals surface area contributed by atoms with Gasteiger partial charge in [0.1, 0.15) is 0 Å². The first-order valence-electron chi connectivity index (χ1n) is 7.94. The van der Waals surface area contributed by atoms with Gasteiger partial charge in [-0.25, -0.2) is 0 Å². The molecule has 0 spiro atoms. The van der Waals surface area contributed by atoms with Crippen LogP contribution in [-0.4, -0.2) is 45.9 Å². The van der Waals surface area contributed by atoms with E-state index in [1.807, 2.05) is 0 Å². The van der Waals surface area contributed by atoms with Crippen LogP contribution in [0.3, 0.4) is 0 Å². The van der Waals surface area contributed by atoms with Crippen LogP contribution in [-0.2, 0) is 5.41 Å². The van der Waals surface area contributed by atoms with Crippen molar-refractivity contribution in [3.8, 4) is 17.2 Å². The van der Waals surface area contributed by atoms with Crippen molar-refractivity contribution in [3.63, 3.8) is 0 Å². The molecule has 1 fully saturated rings. The van der Waals surface area contributed by atoms with Crippen molar-refractivity contribution in [3.05, 3.63) is 41.5 Å². The molecule has 0 saturated carbocycles. The Balaban J connectivity index is 2.16. The first-order chi connectivity index (χ1) is 11.1. The van der Waals surface area contributed by atoms with Gasteiger partial charge in [-0.15, -0.1) is 0 Å². The van der Waals surface area contributed by atoms with Gasteiger partial charge in [-0.2, -0.15) is 0 Å². The van der Waals surface area contributed by atoms with Gasteiger partial charge in [-0.3, -0.25) is 4.90 Å². The minimum atomic E-state index is -0.0406. The zero-order valence-corrected chi connectivity index (χ0v) is 14.6. The Morgan fingerprint density at radius 1 is 1.09 bits per heavy atom. The largest absolute Gasteiger partial charge is 0.493 e. The van der Waals surface area contributed by atoms with Gasteiger partial charge < -0.3 is 14.2 Å². The molecule has 1 heterocycles. The SMILES string of the molecule is COc1cc([C@@]23C=CC(C)=C[C@@H]2N(C)CC3)cc(OC)c1OC. The number of rotatable bonds is 4. The fourth-order valence-corrected chi connectivity index (χ4v) is 3.85. The molecule has 124 valence electrons. The Labute approximate surface area is 138 Å². The molecule has 1 aromatic rings. The maximum atomic E-state index is 5.55. The Morgan fingerprint density at radius 3 is 2.30 bits per heavy atom. The molecule has 0 N–H and O–H groups in total. The molecule has 1 aliphatic heterocycles. The van der Waals surface area contributed by atoms with Gasteiger partial charge in [0, 0.05) is 11.5 Å². The van der Waals surface area contributed by atoms with Crippen molar-refractivity contribution >= 4 is 0 Å². The normalized spacial score (nSPS) is 26.7. The Bertz CT molecular complexity index is 640. The molecular weight excluding hydrogens is 290 g/mol. The van der Waals surface area contributed by atoms with Crippen LogP contribution in [0.15, 0.2) is 35.9 Å². The number of methoxy groups -OCH3 is 3. The highest BCUT2D eigenvalue weighted by Gasteiger charge is 2.46. The lowest BCUT2D eigenvalue weighted by Gasteiger charge is -2.36. The number of allylic oxidation sites excluding steroid dienone is 2. The zero-order valence-electron chi connectivity index (χ0n) is 14.6. The molecule has 0 radical (unpaired) electrons. The number of fused-ring (bicyclic) bond motifs is 1. The van der Waals surface area contributed by atoms with E-state index in [0.29, 0.717) is 23.3 Å². The molecule has 4 heteroatoms. The van der Waals surface area contributed by atoms with Crippen molar-refractivity contribution in [2.75, 3.05) is 34.9 Å². The highest BCUT2D eigenvalue weighted by Crippen LogP contribution is 2.48. The molecule has 1 aromatic carbocycles. The van der Waals surface area contributed by atoms with Crippen LogP contribution in [0.4, 0.5) is 0 Å². The molecule has 0 bridgehead atoms. The predicted octanol–water partition coefficient (Wildman–Crippen LogP) is 3.17. The van der Waals surface area contributed by atoms with Crippen molar-refractivity contribution in [2.45, 2.75) is 24.8 Å². The first kappa shape index (κ1) is 15.9. The maximum absolute atomic E-state index is 5.55. The van der Waals surface area contributed by atoms with E-state index in [4.69, 9.17) is 14.2 Å². The van der Waals surface area contributed by atoms with Crippen LogP contribution in [0.1, 0.15) is 18.9 Å². The average molecular weight is 315 g/mol. The molecule has 1 saturated heterocycles. The highest BCUT2D eigenvalue weighted by molar-refractivity contribution is 5.58.